The lowest BCUT2D eigenvalue weighted by Gasteiger charge is -2.32. The molecule has 5 heteroatoms. The van der Waals surface area contributed by atoms with Gasteiger partial charge in [0.2, 0.25) is 5.91 Å². The van der Waals surface area contributed by atoms with Crippen LogP contribution in [0.5, 0.6) is 0 Å². The van der Waals surface area contributed by atoms with Gasteiger partial charge < -0.3 is 5.32 Å². The lowest BCUT2D eigenvalue weighted by atomic mass is 9.96. The van der Waals surface area contributed by atoms with E-state index in [0.29, 0.717) is 24.4 Å². The van der Waals surface area contributed by atoms with E-state index in [2.05, 4.69) is 41.4 Å². The fraction of sp³-hybridized carbons (Fsp3) is 0.458. The molecule has 1 heterocycles. The summed E-state index contributed by atoms with van der Waals surface area (Å²) in [6.45, 7) is 5.85. The first-order valence-electron chi connectivity index (χ1n) is 10.5. The van der Waals surface area contributed by atoms with Crippen molar-refractivity contribution in [2.45, 2.75) is 38.6 Å². The summed E-state index contributed by atoms with van der Waals surface area (Å²) in [5, 5.41) is 3.06. The monoisotopic (exact) mass is 398 g/mol. The van der Waals surface area contributed by atoms with Crippen LogP contribution in [0.2, 0.25) is 0 Å². The van der Waals surface area contributed by atoms with Gasteiger partial charge in [0.05, 0.1) is 0 Å². The van der Waals surface area contributed by atoms with Crippen LogP contribution in [-0.4, -0.2) is 30.4 Å². The molecule has 0 radical (unpaired) electrons. The molecule has 2 atom stereocenters. The summed E-state index contributed by atoms with van der Waals surface area (Å²) in [4.78, 5) is 14.9. The van der Waals surface area contributed by atoms with E-state index in [1.165, 1.54) is 23.3 Å². The number of hydrogen-bond donors (Lipinski definition) is 1. The fourth-order valence-corrected chi connectivity index (χ4v) is 4.31. The first-order chi connectivity index (χ1) is 14.0. The molecule has 2 aromatic carbocycles. The highest BCUT2D eigenvalue weighted by atomic mass is 19.1. The standard InChI is InChI=1S/C24H28F2N2O/c1-16-2-4-18(5-3-16)15-28-10-8-17(9-11-28)14-27-24(29)22-13-21(22)20-7-6-19(25)12-23(20)26/h2-7,12,17,21-22H,8-11,13-15H2,1H3,(H,27,29). The maximum atomic E-state index is 13.9. The number of nitrogens with one attached hydrogen (secondary N) is 1. The van der Waals surface area contributed by atoms with Crippen molar-refractivity contribution < 1.29 is 13.6 Å². The van der Waals surface area contributed by atoms with E-state index in [9.17, 15) is 13.6 Å². The summed E-state index contributed by atoms with van der Waals surface area (Å²) in [7, 11) is 0. The van der Waals surface area contributed by atoms with Gasteiger partial charge in [0.25, 0.3) is 0 Å². The molecule has 154 valence electrons. The molecule has 2 unspecified atom stereocenters. The SMILES string of the molecule is Cc1ccc(CN2CCC(CNC(=O)C3CC3c3ccc(F)cc3F)CC2)cc1. The van der Waals surface area contributed by atoms with Crippen LogP contribution in [0.25, 0.3) is 0 Å². The molecule has 4 rings (SSSR count). The third-order valence-corrected chi connectivity index (χ3v) is 6.29. The summed E-state index contributed by atoms with van der Waals surface area (Å²) in [6.07, 6.45) is 2.79. The van der Waals surface area contributed by atoms with E-state index in [1.54, 1.807) is 0 Å². The second-order valence-corrected chi connectivity index (χ2v) is 8.56. The van der Waals surface area contributed by atoms with E-state index in [-0.39, 0.29) is 17.7 Å². The van der Waals surface area contributed by atoms with Crippen molar-refractivity contribution in [2.24, 2.45) is 11.8 Å². The Morgan fingerprint density at radius 1 is 1.10 bits per heavy atom. The minimum absolute atomic E-state index is 0.000750. The Bertz CT molecular complexity index is 860. The summed E-state index contributed by atoms with van der Waals surface area (Å²) < 4.78 is 26.9. The van der Waals surface area contributed by atoms with E-state index in [1.807, 2.05) is 0 Å². The average molecular weight is 398 g/mol. The Morgan fingerprint density at radius 3 is 2.52 bits per heavy atom. The number of carbonyl (C=O) groups is 1. The highest BCUT2D eigenvalue weighted by molar-refractivity contribution is 5.82. The number of piperidine rings is 1. The van der Waals surface area contributed by atoms with Gasteiger partial charge in [-0.1, -0.05) is 35.9 Å². The Balaban J connectivity index is 1.19. The molecule has 2 fully saturated rings. The van der Waals surface area contributed by atoms with Crippen LogP contribution in [-0.2, 0) is 11.3 Å². The molecule has 29 heavy (non-hydrogen) atoms. The minimum atomic E-state index is -0.582. The number of aryl methyl sites for hydroxylation is 1. The van der Waals surface area contributed by atoms with Crippen LogP contribution >= 0.6 is 0 Å². The molecule has 1 aliphatic heterocycles. The Kier molecular flexibility index (Phi) is 5.95. The lowest BCUT2D eigenvalue weighted by molar-refractivity contribution is -0.122. The Morgan fingerprint density at radius 2 is 1.83 bits per heavy atom. The van der Waals surface area contributed by atoms with Gasteiger partial charge >= 0.3 is 0 Å². The highest BCUT2D eigenvalue weighted by Crippen LogP contribution is 2.48. The number of likely N-dealkylation sites (tertiary alicyclic amines) is 1. The average Bonchev–Trinajstić information content (AvgIpc) is 3.49. The molecule has 1 saturated heterocycles. The zero-order chi connectivity index (χ0) is 20.4. The number of amides is 1. The summed E-state index contributed by atoms with van der Waals surface area (Å²) >= 11 is 0. The van der Waals surface area contributed by atoms with Crippen LogP contribution in [0.15, 0.2) is 42.5 Å². The highest BCUT2D eigenvalue weighted by Gasteiger charge is 2.45. The van der Waals surface area contributed by atoms with Crippen molar-refractivity contribution in [3.63, 3.8) is 0 Å². The van der Waals surface area contributed by atoms with E-state index in [4.69, 9.17) is 0 Å². The van der Waals surface area contributed by atoms with Gasteiger partial charge in [0.1, 0.15) is 11.6 Å². The molecule has 1 N–H and O–H groups in total. The Hall–Kier alpha value is -2.27. The summed E-state index contributed by atoms with van der Waals surface area (Å²) in [5.74, 6) is -0.940. The molecule has 1 aliphatic carbocycles. The second-order valence-electron chi connectivity index (χ2n) is 8.56. The van der Waals surface area contributed by atoms with Gasteiger partial charge in [-0.15, -0.1) is 0 Å². The number of halogens is 2. The van der Waals surface area contributed by atoms with Crippen molar-refractivity contribution in [1.82, 2.24) is 10.2 Å². The largest absolute Gasteiger partial charge is 0.356 e. The van der Waals surface area contributed by atoms with Crippen molar-refractivity contribution >= 4 is 5.91 Å². The maximum Gasteiger partial charge on any atom is 0.223 e. The van der Waals surface area contributed by atoms with Crippen molar-refractivity contribution in [1.29, 1.82) is 0 Å². The first-order valence-corrected chi connectivity index (χ1v) is 10.5. The van der Waals surface area contributed by atoms with E-state index in [0.717, 1.165) is 38.5 Å². The van der Waals surface area contributed by atoms with Crippen LogP contribution in [0.1, 0.15) is 41.9 Å². The second kappa shape index (κ2) is 8.62. The smallest absolute Gasteiger partial charge is 0.223 e. The quantitative estimate of drug-likeness (QED) is 0.782. The molecule has 0 bridgehead atoms. The maximum absolute atomic E-state index is 13.9. The molecule has 3 nitrogen and oxygen atoms in total. The molecule has 2 aromatic rings. The lowest BCUT2D eigenvalue weighted by Crippen LogP contribution is -2.38. The summed E-state index contributed by atoms with van der Waals surface area (Å²) in [6, 6.07) is 12.3. The number of rotatable bonds is 6. The Labute approximate surface area is 171 Å². The molecule has 0 spiro atoms. The number of carbonyl (C=O) groups excluding carboxylic acids is 1. The number of nitrogens with zero attached hydrogens (tertiary/aromatic N) is 1. The summed E-state index contributed by atoms with van der Waals surface area (Å²) in [5.41, 5.74) is 3.08. The third-order valence-electron chi connectivity index (χ3n) is 6.29. The zero-order valence-electron chi connectivity index (χ0n) is 16.8. The molecular formula is C24H28F2N2O. The predicted octanol–water partition coefficient (Wildman–Crippen LogP) is 4.41. The van der Waals surface area contributed by atoms with Crippen molar-refractivity contribution in [3.8, 4) is 0 Å². The van der Waals surface area contributed by atoms with Crippen LogP contribution in [0.3, 0.4) is 0 Å². The van der Waals surface area contributed by atoms with Gasteiger partial charge in [-0.2, -0.15) is 0 Å². The molecule has 1 amide bonds. The van der Waals surface area contributed by atoms with Gasteiger partial charge in [-0.25, -0.2) is 8.78 Å². The number of hydrogen-bond acceptors (Lipinski definition) is 2. The number of benzene rings is 2. The minimum Gasteiger partial charge on any atom is -0.356 e. The molecule has 1 saturated carbocycles. The predicted molar refractivity (Wildman–Crippen MR) is 109 cm³/mol. The first kappa shape index (κ1) is 20.0. The normalized spacial score (nSPS) is 22.4. The van der Waals surface area contributed by atoms with Gasteiger partial charge in [-0.3, -0.25) is 9.69 Å². The van der Waals surface area contributed by atoms with E-state index >= 15 is 0 Å². The van der Waals surface area contributed by atoms with Crippen LogP contribution < -0.4 is 5.32 Å². The third kappa shape index (κ3) is 5.02. The van der Waals surface area contributed by atoms with Crippen LogP contribution in [0, 0.1) is 30.4 Å². The fourth-order valence-electron chi connectivity index (χ4n) is 4.31. The van der Waals surface area contributed by atoms with Crippen molar-refractivity contribution in [2.75, 3.05) is 19.6 Å². The van der Waals surface area contributed by atoms with Gasteiger partial charge in [0.15, 0.2) is 0 Å². The van der Waals surface area contributed by atoms with Gasteiger partial charge in [0, 0.05) is 25.1 Å². The van der Waals surface area contributed by atoms with Gasteiger partial charge in [-0.05, 0) is 68.3 Å². The topological polar surface area (TPSA) is 32.3 Å². The molecule has 2 aliphatic rings. The molecule has 0 aromatic heterocycles. The van der Waals surface area contributed by atoms with E-state index < -0.39 is 11.6 Å². The molecular weight excluding hydrogens is 370 g/mol. The van der Waals surface area contributed by atoms with Crippen molar-refractivity contribution in [3.05, 3.63) is 70.8 Å². The zero-order valence-corrected chi connectivity index (χ0v) is 16.8. The van der Waals surface area contributed by atoms with Crippen LogP contribution in [0.4, 0.5) is 8.78 Å².